The maximum atomic E-state index is 13.8. The molecule has 0 radical (unpaired) electrons. The normalized spacial score (nSPS) is 15.4. The molecule has 0 fully saturated rings. The minimum atomic E-state index is -1.02. The Bertz CT molecular complexity index is 1160. The van der Waals surface area contributed by atoms with E-state index in [0.29, 0.717) is 0 Å². The van der Waals surface area contributed by atoms with Crippen molar-refractivity contribution in [2.24, 2.45) is 11.3 Å². The monoisotopic (exact) mass is 512 g/mol. The molecule has 4 N–H and O–H groups in total. The molecule has 8 heteroatoms. The first kappa shape index (κ1) is 30.1. The lowest BCUT2D eigenvalue weighted by Crippen LogP contribution is -2.61. The lowest BCUT2D eigenvalue weighted by atomic mass is 9.76. The molecule has 2 amide bonds. The SMILES string of the molecule is CN[C@H](C(=O)NC(C(=O)N(C)[C@H](/C=C(\C)C(=O)O)C(C)C)C(C)(C)C)C(C)(C)c1c[nH]c2ccccc12. The molecule has 204 valence electrons. The summed E-state index contributed by atoms with van der Waals surface area (Å²) in [5.41, 5.74) is 0.983. The van der Waals surface area contributed by atoms with Gasteiger partial charge in [-0.3, -0.25) is 9.59 Å². The van der Waals surface area contributed by atoms with Crippen LogP contribution in [0.2, 0.25) is 0 Å². The summed E-state index contributed by atoms with van der Waals surface area (Å²) in [6.45, 7) is 15.1. The number of amides is 2. The fourth-order valence-electron chi connectivity index (χ4n) is 4.88. The fraction of sp³-hybridized carbons (Fsp3) is 0.552. The highest BCUT2D eigenvalue weighted by atomic mass is 16.4. The Morgan fingerprint density at radius 2 is 1.65 bits per heavy atom. The number of carboxylic acids is 1. The van der Waals surface area contributed by atoms with E-state index < -0.39 is 34.9 Å². The average Bonchev–Trinajstić information content (AvgIpc) is 3.24. The smallest absolute Gasteiger partial charge is 0.331 e. The number of fused-ring (bicyclic) bond motifs is 1. The Labute approximate surface area is 220 Å². The molecule has 0 bridgehead atoms. The number of carbonyl (C=O) groups excluding carboxylic acids is 2. The van der Waals surface area contributed by atoms with Gasteiger partial charge in [-0.15, -0.1) is 0 Å². The highest BCUT2D eigenvalue weighted by molar-refractivity contribution is 5.93. The number of para-hydroxylation sites is 1. The maximum Gasteiger partial charge on any atom is 0.331 e. The van der Waals surface area contributed by atoms with Crippen LogP contribution in [0.3, 0.4) is 0 Å². The molecule has 0 spiro atoms. The van der Waals surface area contributed by atoms with Gasteiger partial charge in [-0.2, -0.15) is 0 Å². The number of likely N-dealkylation sites (N-methyl/N-ethyl adjacent to an activating group) is 2. The van der Waals surface area contributed by atoms with Gasteiger partial charge in [0, 0.05) is 35.1 Å². The minimum Gasteiger partial charge on any atom is -0.478 e. The Balaban J connectivity index is 2.40. The molecule has 0 saturated carbocycles. The van der Waals surface area contributed by atoms with Gasteiger partial charge in [0.2, 0.25) is 11.8 Å². The highest BCUT2D eigenvalue weighted by Crippen LogP contribution is 2.34. The van der Waals surface area contributed by atoms with Crippen molar-refractivity contribution in [3.8, 4) is 0 Å². The molecule has 8 nitrogen and oxygen atoms in total. The van der Waals surface area contributed by atoms with Gasteiger partial charge in [-0.05, 0) is 36.9 Å². The summed E-state index contributed by atoms with van der Waals surface area (Å²) in [4.78, 5) is 43.8. The number of H-pyrrole nitrogens is 1. The fourth-order valence-corrected chi connectivity index (χ4v) is 4.88. The minimum absolute atomic E-state index is 0.0227. The third kappa shape index (κ3) is 6.60. The van der Waals surface area contributed by atoms with Crippen molar-refractivity contribution in [3.05, 3.63) is 47.7 Å². The molecule has 1 aromatic heterocycles. The van der Waals surface area contributed by atoms with Gasteiger partial charge < -0.3 is 25.6 Å². The lowest BCUT2D eigenvalue weighted by molar-refractivity contribution is -0.141. The van der Waals surface area contributed by atoms with Crippen LogP contribution in [0.4, 0.5) is 0 Å². The summed E-state index contributed by atoms with van der Waals surface area (Å²) in [7, 11) is 3.41. The van der Waals surface area contributed by atoms with Gasteiger partial charge in [0.15, 0.2) is 0 Å². The molecule has 0 aliphatic heterocycles. The summed E-state index contributed by atoms with van der Waals surface area (Å²) < 4.78 is 0. The van der Waals surface area contributed by atoms with Crippen molar-refractivity contribution >= 4 is 28.7 Å². The number of aromatic amines is 1. The molecule has 0 aliphatic carbocycles. The van der Waals surface area contributed by atoms with E-state index in [9.17, 15) is 19.5 Å². The number of hydrogen-bond donors (Lipinski definition) is 4. The van der Waals surface area contributed by atoms with Gasteiger partial charge in [-0.25, -0.2) is 4.79 Å². The first-order valence-corrected chi connectivity index (χ1v) is 12.8. The summed E-state index contributed by atoms with van der Waals surface area (Å²) >= 11 is 0. The van der Waals surface area contributed by atoms with Crippen LogP contribution in [0.1, 0.15) is 61.0 Å². The average molecular weight is 513 g/mol. The quantitative estimate of drug-likeness (QED) is 0.358. The Kier molecular flexibility index (Phi) is 9.36. The van der Waals surface area contributed by atoms with Crippen LogP contribution in [0.25, 0.3) is 10.9 Å². The largest absolute Gasteiger partial charge is 0.478 e. The van der Waals surface area contributed by atoms with E-state index in [1.54, 1.807) is 25.1 Å². The highest BCUT2D eigenvalue weighted by Gasteiger charge is 2.42. The molecule has 0 aliphatic rings. The molecule has 0 saturated heterocycles. The van der Waals surface area contributed by atoms with Crippen LogP contribution in [-0.2, 0) is 19.8 Å². The lowest BCUT2D eigenvalue weighted by Gasteiger charge is -2.39. The maximum absolute atomic E-state index is 13.8. The van der Waals surface area contributed by atoms with E-state index in [4.69, 9.17) is 0 Å². The van der Waals surface area contributed by atoms with Crippen LogP contribution >= 0.6 is 0 Å². The number of aromatic nitrogens is 1. The molecule has 1 unspecified atom stereocenters. The number of aliphatic carboxylic acids is 1. The number of carboxylic acid groups (broad SMARTS) is 1. The topological polar surface area (TPSA) is 115 Å². The predicted octanol–water partition coefficient (Wildman–Crippen LogP) is 4.08. The van der Waals surface area contributed by atoms with Gasteiger partial charge >= 0.3 is 5.97 Å². The van der Waals surface area contributed by atoms with Crippen molar-refractivity contribution in [1.82, 2.24) is 20.5 Å². The van der Waals surface area contributed by atoms with E-state index in [1.165, 1.54) is 6.92 Å². The van der Waals surface area contributed by atoms with Gasteiger partial charge in [-0.1, -0.05) is 72.7 Å². The first-order chi connectivity index (χ1) is 17.0. The molecule has 3 atom stereocenters. The van der Waals surface area contributed by atoms with Crippen LogP contribution < -0.4 is 10.6 Å². The Morgan fingerprint density at radius 3 is 2.16 bits per heavy atom. The van der Waals surface area contributed by atoms with E-state index in [0.717, 1.165) is 16.5 Å². The molecular weight excluding hydrogens is 468 g/mol. The van der Waals surface area contributed by atoms with Crippen molar-refractivity contribution in [1.29, 1.82) is 0 Å². The summed E-state index contributed by atoms with van der Waals surface area (Å²) in [6, 6.07) is 6.09. The van der Waals surface area contributed by atoms with Gasteiger partial charge in [0.25, 0.3) is 0 Å². The van der Waals surface area contributed by atoms with E-state index in [1.807, 2.05) is 78.9 Å². The summed E-state index contributed by atoms with van der Waals surface area (Å²) in [5.74, 6) is -1.60. The third-order valence-electron chi connectivity index (χ3n) is 7.19. The van der Waals surface area contributed by atoms with E-state index >= 15 is 0 Å². The number of hydrogen-bond acceptors (Lipinski definition) is 4. The van der Waals surface area contributed by atoms with E-state index in [-0.39, 0.29) is 23.3 Å². The second kappa shape index (κ2) is 11.5. The van der Waals surface area contributed by atoms with Gasteiger partial charge in [0.1, 0.15) is 6.04 Å². The third-order valence-corrected chi connectivity index (χ3v) is 7.19. The van der Waals surface area contributed by atoms with Crippen molar-refractivity contribution in [2.75, 3.05) is 14.1 Å². The van der Waals surface area contributed by atoms with Crippen LogP contribution in [-0.4, -0.2) is 65.0 Å². The zero-order valence-electron chi connectivity index (χ0n) is 23.9. The molecule has 37 heavy (non-hydrogen) atoms. The standard InChI is InChI=1S/C29H44N4O4/c1-17(2)22(15-18(3)27(36)37)33(10)26(35)24(28(4,5)6)32-25(34)23(30-9)29(7,8)20-16-31-21-14-12-11-13-19(20)21/h11-17,22-24,30-31H,1-10H3,(H,32,34)(H,36,37)/b18-15+/t22-,23-,24?/m1/s1. The number of nitrogens with zero attached hydrogens (tertiary/aromatic N) is 1. The number of rotatable bonds is 10. The van der Waals surface area contributed by atoms with Crippen LogP contribution in [0.5, 0.6) is 0 Å². The predicted molar refractivity (Wildman–Crippen MR) is 148 cm³/mol. The second-order valence-corrected chi connectivity index (χ2v) is 11.8. The molecular formula is C29H44N4O4. The van der Waals surface area contributed by atoms with Gasteiger partial charge in [0.05, 0.1) is 12.1 Å². The molecule has 1 aromatic carbocycles. The zero-order valence-corrected chi connectivity index (χ0v) is 23.9. The summed E-state index contributed by atoms with van der Waals surface area (Å²) in [6.07, 6.45) is 3.54. The molecule has 1 heterocycles. The van der Waals surface area contributed by atoms with Crippen LogP contribution in [0, 0.1) is 11.3 Å². The number of benzene rings is 1. The van der Waals surface area contributed by atoms with Crippen molar-refractivity contribution < 1.29 is 19.5 Å². The van der Waals surface area contributed by atoms with Crippen molar-refractivity contribution in [3.63, 3.8) is 0 Å². The number of nitrogens with one attached hydrogen (secondary N) is 3. The van der Waals surface area contributed by atoms with E-state index in [2.05, 4.69) is 15.6 Å². The first-order valence-electron chi connectivity index (χ1n) is 12.8. The Morgan fingerprint density at radius 1 is 1.05 bits per heavy atom. The second-order valence-electron chi connectivity index (χ2n) is 11.8. The Hall–Kier alpha value is -3.13. The molecule has 2 rings (SSSR count). The zero-order chi connectivity index (χ0) is 28.3. The van der Waals surface area contributed by atoms with Crippen LogP contribution in [0.15, 0.2) is 42.1 Å². The molecule has 2 aromatic rings. The van der Waals surface area contributed by atoms with Crippen molar-refractivity contribution in [2.45, 2.75) is 78.9 Å². The summed E-state index contributed by atoms with van der Waals surface area (Å²) in [5, 5.41) is 16.6. The number of carbonyl (C=O) groups is 3.